The molecular weight excluding hydrogens is 518 g/mol. The molecule has 0 saturated carbocycles. The zero-order valence-corrected chi connectivity index (χ0v) is 22.1. The molecule has 2 aromatic rings. The van der Waals surface area contributed by atoms with Crippen molar-refractivity contribution in [1.82, 2.24) is 19.5 Å². The zero-order valence-electron chi connectivity index (χ0n) is 20.4. The van der Waals surface area contributed by atoms with Gasteiger partial charge in [-0.3, -0.25) is 19.4 Å². The van der Waals surface area contributed by atoms with E-state index >= 15 is 0 Å². The number of nitrogens with zero attached hydrogens (tertiary/aromatic N) is 4. The molecule has 2 heterocycles. The molecule has 1 fully saturated rings. The number of ketones is 1. The fourth-order valence-corrected chi connectivity index (χ4v) is 5.04. The lowest BCUT2D eigenvalue weighted by Crippen LogP contribution is -2.58. The molecule has 37 heavy (non-hydrogen) atoms. The van der Waals surface area contributed by atoms with Crippen LogP contribution in [0.2, 0.25) is 0 Å². The van der Waals surface area contributed by atoms with E-state index in [2.05, 4.69) is 15.3 Å². The van der Waals surface area contributed by atoms with Gasteiger partial charge in [0.1, 0.15) is 18.3 Å². The Morgan fingerprint density at radius 2 is 2.08 bits per heavy atom. The van der Waals surface area contributed by atoms with Gasteiger partial charge < -0.3 is 21.7 Å². The second-order valence-electron chi connectivity index (χ2n) is 8.19. The van der Waals surface area contributed by atoms with Gasteiger partial charge in [0.25, 0.3) is 0 Å². The molecule has 200 valence electrons. The van der Waals surface area contributed by atoms with Gasteiger partial charge in [-0.2, -0.15) is 0 Å². The summed E-state index contributed by atoms with van der Waals surface area (Å²) in [5.74, 6) is -0.978. The summed E-state index contributed by atoms with van der Waals surface area (Å²) in [6, 6.07) is 8.23. The van der Waals surface area contributed by atoms with Crippen molar-refractivity contribution in [3.63, 3.8) is 0 Å². The lowest BCUT2D eigenvalue weighted by molar-refractivity contribution is -0.166. The van der Waals surface area contributed by atoms with Gasteiger partial charge in [-0.15, -0.1) is 15.7 Å². The molecule has 14 heteroatoms. The summed E-state index contributed by atoms with van der Waals surface area (Å²) in [6.07, 6.45) is 2.78. The molecule has 2 atom stereocenters. The summed E-state index contributed by atoms with van der Waals surface area (Å²) in [6.45, 7) is 0.920. The Morgan fingerprint density at radius 3 is 2.76 bits per heavy atom. The van der Waals surface area contributed by atoms with Gasteiger partial charge in [-0.25, -0.2) is 14.2 Å². The highest BCUT2D eigenvalue weighted by Crippen LogP contribution is 2.24. The number of nitrogens with two attached hydrogens (primary N) is 2. The molecule has 0 radical (unpaired) electrons. The number of piperazine rings is 1. The topological polar surface area (TPSA) is 165 Å². The number of nitrogens with one attached hydrogen (secondary N) is 1. The summed E-state index contributed by atoms with van der Waals surface area (Å²) < 4.78 is 6.80. The van der Waals surface area contributed by atoms with E-state index in [9.17, 15) is 14.4 Å². The van der Waals surface area contributed by atoms with Crippen molar-refractivity contribution in [2.45, 2.75) is 31.3 Å². The minimum absolute atomic E-state index is 0.0383. The number of thiazole rings is 1. The van der Waals surface area contributed by atoms with Gasteiger partial charge in [-0.1, -0.05) is 30.3 Å². The highest BCUT2D eigenvalue weighted by atomic mass is 32.2. The first-order chi connectivity index (χ1) is 17.9. The molecule has 5 N–H and O–H groups in total. The van der Waals surface area contributed by atoms with Crippen molar-refractivity contribution < 1.29 is 23.6 Å². The maximum absolute atomic E-state index is 13.4. The van der Waals surface area contributed by atoms with Gasteiger partial charge in [-0.05, 0) is 24.8 Å². The second-order valence-corrected chi connectivity index (χ2v) is 9.83. The first-order valence-corrected chi connectivity index (χ1v) is 13.2. The van der Waals surface area contributed by atoms with Gasteiger partial charge in [0.05, 0.1) is 19.7 Å². The van der Waals surface area contributed by atoms with Gasteiger partial charge in [0, 0.05) is 31.2 Å². The number of Topliss-reactive ketones (excluding diaryl/α,β-unsaturated/α-hetero) is 1. The van der Waals surface area contributed by atoms with Crippen LogP contribution >= 0.6 is 23.6 Å². The van der Waals surface area contributed by atoms with Crippen molar-refractivity contribution >= 4 is 47.1 Å². The normalized spacial score (nSPS) is 16.8. The summed E-state index contributed by atoms with van der Waals surface area (Å²) in [4.78, 5) is 53.5. The minimum atomic E-state index is -0.810. The third kappa shape index (κ3) is 8.79. The Morgan fingerprint density at radius 1 is 1.30 bits per heavy atom. The number of benzene rings is 1. The van der Waals surface area contributed by atoms with Crippen molar-refractivity contribution in [3.8, 4) is 0 Å². The molecule has 0 bridgehead atoms. The van der Waals surface area contributed by atoms with Gasteiger partial charge in [0.15, 0.2) is 11.0 Å². The van der Waals surface area contributed by atoms with Crippen molar-refractivity contribution in [2.24, 2.45) is 16.5 Å². The Labute approximate surface area is 223 Å². The van der Waals surface area contributed by atoms with E-state index in [1.54, 1.807) is 9.69 Å². The number of aliphatic imine (C=N–C) groups is 1. The standard InChI is InChI=1S/C23H31N7O5S2/c1-34-35-37-30-12-11-29(22(33)18(30)14-16-6-3-2-4-7-16)15-19(31)28-17(8-5-9-27-23(24)25)20(32)21-26-10-13-36-21/h2-4,6-7,10,13,17-18H,5,8-9,11-12,14-15H2,1H3,(H,28,31)(H4,24,25,27)/t17-,18-/m0/s1. The molecular formula is C23H31N7O5S2. The number of aromatic nitrogens is 1. The highest BCUT2D eigenvalue weighted by molar-refractivity contribution is 7.92. The predicted molar refractivity (Wildman–Crippen MR) is 141 cm³/mol. The van der Waals surface area contributed by atoms with Crippen LogP contribution < -0.4 is 16.8 Å². The monoisotopic (exact) mass is 549 g/mol. The van der Waals surface area contributed by atoms with E-state index in [1.807, 2.05) is 30.3 Å². The van der Waals surface area contributed by atoms with Crippen LogP contribution in [-0.2, 0) is 25.2 Å². The first-order valence-electron chi connectivity index (χ1n) is 11.6. The van der Waals surface area contributed by atoms with Crippen LogP contribution in [0.15, 0.2) is 46.9 Å². The van der Waals surface area contributed by atoms with Gasteiger partial charge >= 0.3 is 0 Å². The third-order valence-corrected chi connectivity index (χ3v) is 7.19. The zero-order chi connectivity index (χ0) is 26.6. The summed E-state index contributed by atoms with van der Waals surface area (Å²) in [5, 5.41) is 4.78. The molecule has 0 spiro atoms. The lowest BCUT2D eigenvalue weighted by atomic mass is 10.0. The van der Waals surface area contributed by atoms with Crippen LogP contribution in [-0.4, -0.2) is 83.1 Å². The van der Waals surface area contributed by atoms with Crippen LogP contribution in [0, 0.1) is 0 Å². The van der Waals surface area contributed by atoms with Crippen molar-refractivity contribution in [3.05, 3.63) is 52.5 Å². The number of carbonyl (C=O) groups excluding carboxylic acids is 3. The van der Waals surface area contributed by atoms with Crippen LogP contribution in [0.5, 0.6) is 0 Å². The summed E-state index contributed by atoms with van der Waals surface area (Å²) >= 11 is 2.16. The average molecular weight is 550 g/mol. The Balaban J connectivity index is 1.66. The number of hydrogen-bond donors (Lipinski definition) is 3. The molecule has 0 unspecified atom stereocenters. The van der Waals surface area contributed by atoms with Crippen LogP contribution in [0.3, 0.4) is 0 Å². The minimum Gasteiger partial charge on any atom is -0.370 e. The maximum atomic E-state index is 13.4. The van der Waals surface area contributed by atoms with E-state index in [4.69, 9.17) is 20.7 Å². The molecule has 1 aliphatic heterocycles. The lowest BCUT2D eigenvalue weighted by Gasteiger charge is -2.38. The number of carbonyl (C=O) groups is 3. The van der Waals surface area contributed by atoms with E-state index < -0.39 is 18.0 Å². The fourth-order valence-electron chi connectivity index (χ4n) is 3.84. The summed E-state index contributed by atoms with van der Waals surface area (Å²) in [7, 11) is 1.39. The molecule has 1 saturated heterocycles. The first kappa shape index (κ1) is 28.5. The molecule has 12 nitrogen and oxygen atoms in total. The van der Waals surface area contributed by atoms with Gasteiger partial charge in [0.2, 0.25) is 17.6 Å². The maximum Gasteiger partial charge on any atom is 0.241 e. The molecule has 1 aliphatic rings. The number of guanidine groups is 1. The van der Waals surface area contributed by atoms with E-state index in [-0.39, 0.29) is 24.2 Å². The molecule has 0 aliphatic carbocycles. The number of hydrogen-bond acceptors (Lipinski definition) is 10. The van der Waals surface area contributed by atoms with E-state index in [0.29, 0.717) is 43.9 Å². The molecule has 1 aromatic heterocycles. The predicted octanol–water partition coefficient (Wildman–Crippen LogP) is 0.761. The van der Waals surface area contributed by atoms with E-state index in [1.165, 1.54) is 29.5 Å². The SMILES string of the molecule is COOSN1CCN(CC(=O)N[C@@H](CCCN=C(N)N)C(=O)c2nccs2)C(=O)[C@@H]1Cc1ccccc1. The fraction of sp³-hybridized carbons (Fsp3) is 0.435. The molecule has 2 amide bonds. The van der Waals surface area contributed by atoms with E-state index in [0.717, 1.165) is 17.8 Å². The molecule has 3 rings (SSSR count). The number of amides is 2. The summed E-state index contributed by atoms with van der Waals surface area (Å²) in [5.41, 5.74) is 11.7. The Kier molecular flexibility index (Phi) is 11.3. The smallest absolute Gasteiger partial charge is 0.241 e. The Bertz CT molecular complexity index is 1050. The van der Waals surface area contributed by atoms with Crippen LogP contribution in [0.25, 0.3) is 0 Å². The largest absolute Gasteiger partial charge is 0.370 e. The third-order valence-electron chi connectivity index (χ3n) is 5.58. The number of rotatable bonds is 14. The quantitative estimate of drug-likeness (QED) is 0.0448. The highest BCUT2D eigenvalue weighted by Gasteiger charge is 2.37. The second kappa shape index (κ2) is 14.6. The van der Waals surface area contributed by atoms with Crippen LogP contribution in [0.1, 0.15) is 28.2 Å². The average Bonchev–Trinajstić information content (AvgIpc) is 3.43. The molecule has 1 aromatic carbocycles. The Hall–Kier alpha value is -3.04. The van der Waals surface area contributed by atoms with Crippen molar-refractivity contribution in [2.75, 3.05) is 33.3 Å². The van der Waals surface area contributed by atoms with Crippen LogP contribution in [0.4, 0.5) is 0 Å². The van der Waals surface area contributed by atoms with Crippen molar-refractivity contribution in [1.29, 1.82) is 0 Å².